The number of nitrogens with two attached hydrogens (primary N) is 1. The number of aromatic nitrogens is 1. The van der Waals surface area contributed by atoms with Crippen LogP contribution in [0.4, 0.5) is 0 Å². The molecule has 2 heterocycles. The molecule has 2 atom stereocenters. The zero-order chi connectivity index (χ0) is 12.3. The second-order valence-electron chi connectivity index (χ2n) is 5.04. The summed E-state index contributed by atoms with van der Waals surface area (Å²) in [4.78, 5) is 6.89. The first-order chi connectivity index (χ1) is 8.24. The zero-order valence-corrected chi connectivity index (χ0v) is 10.9. The fraction of sp³-hybridized carbons (Fsp3) is 0.643. The number of hydrogen-bond donors (Lipinski definition) is 1. The van der Waals surface area contributed by atoms with E-state index in [2.05, 4.69) is 28.9 Å². The van der Waals surface area contributed by atoms with E-state index in [0.29, 0.717) is 12.6 Å². The van der Waals surface area contributed by atoms with E-state index in [1.807, 2.05) is 13.1 Å². The first-order valence-electron chi connectivity index (χ1n) is 6.61. The summed E-state index contributed by atoms with van der Waals surface area (Å²) in [6.07, 6.45) is 4.57. The van der Waals surface area contributed by atoms with Gasteiger partial charge < -0.3 is 5.73 Å². The Morgan fingerprint density at radius 2 is 2.35 bits per heavy atom. The van der Waals surface area contributed by atoms with E-state index < -0.39 is 0 Å². The van der Waals surface area contributed by atoms with Crippen molar-refractivity contribution in [3.63, 3.8) is 0 Å². The average Bonchev–Trinajstić information content (AvgIpc) is 2.81. The van der Waals surface area contributed by atoms with Gasteiger partial charge in [0.25, 0.3) is 0 Å². The third-order valence-electron chi connectivity index (χ3n) is 3.88. The molecule has 17 heavy (non-hydrogen) atoms. The Morgan fingerprint density at radius 1 is 1.53 bits per heavy atom. The van der Waals surface area contributed by atoms with E-state index in [1.54, 1.807) is 0 Å². The lowest BCUT2D eigenvalue weighted by atomic mass is 10.1. The second kappa shape index (κ2) is 5.61. The molecule has 1 aromatic heterocycles. The van der Waals surface area contributed by atoms with E-state index in [1.165, 1.54) is 31.5 Å². The SMILES string of the molecule is CCC1CCN(C(CN)c2ccc(C)nc2)C1. The van der Waals surface area contributed by atoms with Gasteiger partial charge in [0, 0.05) is 31.0 Å². The van der Waals surface area contributed by atoms with Gasteiger partial charge in [-0.05, 0) is 37.4 Å². The molecule has 2 rings (SSSR count). The fourth-order valence-electron chi connectivity index (χ4n) is 2.65. The summed E-state index contributed by atoms with van der Waals surface area (Å²) in [5.74, 6) is 0.849. The summed E-state index contributed by atoms with van der Waals surface area (Å²) in [5.41, 5.74) is 8.27. The monoisotopic (exact) mass is 233 g/mol. The number of hydrogen-bond acceptors (Lipinski definition) is 3. The Hall–Kier alpha value is -0.930. The maximum Gasteiger partial charge on any atom is 0.0485 e. The van der Waals surface area contributed by atoms with Crippen LogP contribution in [0.3, 0.4) is 0 Å². The van der Waals surface area contributed by atoms with Gasteiger partial charge in [-0.15, -0.1) is 0 Å². The van der Waals surface area contributed by atoms with Gasteiger partial charge in [0.05, 0.1) is 0 Å². The number of rotatable bonds is 4. The molecule has 1 fully saturated rings. The molecule has 1 aromatic rings. The highest BCUT2D eigenvalue weighted by Gasteiger charge is 2.27. The summed E-state index contributed by atoms with van der Waals surface area (Å²) in [7, 11) is 0. The average molecular weight is 233 g/mol. The molecule has 2 N–H and O–H groups in total. The van der Waals surface area contributed by atoms with Crippen LogP contribution < -0.4 is 5.73 Å². The van der Waals surface area contributed by atoms with Crippen molar-refractivity contribution in [3.8, 4) is 0 Å². The van der Waals surface area contributed by atoms with Crippen LogP contribution in [-0.2, 0) is 0 Å². The lowest BCUT2D eigenvalue weighted by Gasteiger charge is -2.26. The minimum absolute atomic E-state index is 0.347. The topological polar surface area (TPSA) is 42.1 Å². The maximum absolute atomic E-state index is 5.94. The first-order valence-corrected chi connectivity index (χ1v) is 6.61. The normalized spacial score (nSPS) is 22.9. The van der Waals surface area contributed by atoms with Gasteiger partial charge in [0.15, 0.2) is 0 Å². The van der Waals surface area contributed by atoms with Gasteiger partial charge in [-0.1, -0.05) is 19.4 Å². The quantitative estimate of drug-likeness (QED) is 0.866. The Morgan fingerprint density at radius 3 is 2.88 bits per heavy atom. The highest BCUT2D eigenvalue weighted by atomic mass is 15.2. The standard InChI is InChI=1S/C14H23N3/c1-3-12-6-7-17(10-12)14(8-15)13-5-4-11(2)16-9-13/h4-5,9,12,14H,3,6-8,10,15H2,1-2H3. The smallest absolute Gasteiger partial charge is 0.0485 e. The number of aryl methyl sites for hydroxylation is 1. The van der Waals surface area contributed by atoms with Crippen molar-refractivity contribution in [1.29, 1.82) is 0 Å². The molecule has 94 valence electrons. The third-order valence-corrected chi connectivity index (χ3v) is 3.88. The van der Waals surface area contributed by atoms with Crippen LogP contribution in [0.25, 0.3) is 0 Å². The lowest BCUT2D eigenvalue weighted by molar-refractivity contribution is 0.240. The van der Waals surface area contributed by atoms with Gasteiger partial charge in [0.1, 0.15) is 0 Å². The summed E-state index contributed by atoms with van der Waals surface area (Å²) in [6, 6.07) is 4.59. The molecule has 1 aliphatic heterocycles. The van der Waals surface area contributed by atoms with Crippen LogP contribution in [0.1, 0.15) is 37.1 Å². The molecule has 1 saturated heterocycles. The van der Waals surface area contributed by atoms with Crippen LogP contribution in [0, 0.1) is 12.8 Å². The summed E-state index contributed by atoms with van der Waals surface area (Å²) in [5, 5.41) is 0. The van der Waals surface area contributed by atoms with Crippen molar-refractivity contribution in [2.24, 2.45) is 11.7 Å². The van der Waals surface area contributed by atoms with E-state index >= 15 is 0 Å². The van der Waals surface area contributed by atoms with Crippen LogP contribution in [0.15, 0.2) is 18.3 Å². The molecule has 0 radical (unpaired) electrons. The van der Waals surface area contributed by atoms with Gasteiger partial charge in [-0.25, -0.2) is 0 Å². The Bertz CT molecular complexity index is 347. The van der Waals surface area contributed by atoms with Crippen molar-refractivity contribution in [2.45, 2.75) is 32.7 Å². The number of likely N-dealkylation sites (tertiary alicyclic amines) is 1. The largest absolute Gasteiger partial charge is 0.329 e. The van der Waals surface area contributed by atoms with E-state index in [0.717, 1.165) is 11.6 Å². The molecular weight excluding hydrogens is 210 g/mol. The van der Waals surface area contributed by atoms with Crippen LogP contribution >= 0.6 is 0 Å². The number of pyridine rings is 1. The minimum Gasteiger partial charge on any atom is -0.329 e. The number of nitrogens with zero attached hydrogens (tertiary/aromatic N) is 2. The Kier molecular flexibility index (Phi) is 4.13. The highest BCUT2D eigenvalue weighted by Crippen LogP contribution is 2.28. The van der Waals surface area contributed by atoms with Gasteiger partial charge in [0.2, 0.25) is 0 Å². The molecule has 2 unspecified atom stereocenters. The van der Waals surface area contributed by atoms with Crippen LogP contribution in [-0.4, -0.2) is 29.5 Å². The molecule has 1 aliphatic rings. The van der Waals surface area contributed by atoms with Crippen molar-refractivity contribution in [1.82, 2.24) is 9.88 Å². The maximum atomic E-state index is 5.94. The third kappa shape index (κ3) is 2.85. The molecule has 0 bridgehead atoms. The molecular formula is C14H23N3. The molecule has 3 heteroatoms. The molecule has 0 spiro atoms. The molecule has 3 nitrogen and oxygen atoms in total. The first kappa shape index (κ1) is 12.5. The fourth-order valence-corrected chi connectivity index (χ4v) is 2.65. The predicted molar refractivity (Wildman–Crippen MR) is 70.7 cm³/mol. The van der Waals surface area contributed by atoms with Crippen molar-refractivity contribution < 1.29 is 0 Å². The van der Waals surface area contributed by atoms with Crippen LogP contribution in [0.5, 0.6) is 0 Å². The van der Waals surface area contributed by atoms with E-state index in [4.69, 9.17) is 5.73 Å². The van der Waals surface area contributed by atoms with Crippen molar-refractivity contribution in [2.75, 3.05) is 19.6 Å². The van der Waals surface area contributed by atoms with Gasteiger partial charge in [-0.2, -0.15) is 0 Å². The molecule has 0 aliphatic carbocycles. The highest BCUT2D eigenvalue weighted by molar-refractivity contribution is 5.18. The van der Waals surface area contributed by atoms with Gasteiger partial charge >= 0.3 is 0 Å². The summed E-state index contributed by atoms with van der Waals surface area (Å²) >= 11 is 0. The molecule has 0 aromatic carbocycles. The van der Waals surface area contributed by atoms with Crippen LogP contribution in [0.2, 0.25) is 0 Å². The predicted octanol–water partition coefficient (Wildman–Crippen LogP) is 2.12. The van der Waals surface area contributed by atoms with Gasteiger partial charge in [-0.3, -0.25) is 9.88 Å². The van der Waals surface area contributed by atoms with E-state index in [-0.39, 0.29) is 0 Å². The summed E-state index contributed by atoms with van der Waals surface area (Å²) < 4.78 is 0. The van der Waals surface area contributed by atoms with Crippen molar-refractivity contribution >= 4 is 0 Å². The minimum atomic E-state index is 0.347. The lowest BCUT2D eigenvalue weighted by Crippen LogP contribution is -2.32. The van der Waals surface area contributed by atoms with E-state index in [9.17, 15) is 0 Å². The molecule has 0 amide bonds. The summed E-state index contributed by atoms with van der Waals surface area (Å²) in [6.45, 7) is 7.34. The second-order valence-corrected chi connectivity index (χ2v) is 5.04. The zero-order valence-electron chi connectivity index (χ0n) is 10.9. The Balaban J connectivity index is 2.08. The Labute approximate surface area is 104 Å². The molecule has 0 saturated carbocycles. The van der Waals surface area contributed by atoms with Crippen molar-refractivity contribution in [3.05, 3.63) is 29.6 Å².